The minimum atomic E-state index is -1.85. The molecule has 1 rings (SSSR count). The third-order valence-electron chi connectivity index (χ3n) is 11.3. The lowest BCUT2D eigenvalue weighted by Crippen LogP contribution is -2.55. The van der Waals surface area contributed by atoms with Crippen molar-refractivity contribution in [2.24, 2.45) is 0 Å². The van der Waals surface area contributed by atoms with Gasteiger partial charge in [-0.05, 0) is 44.1 Å². The van der Waals surface area contributed by atoms with Gasteiger partial charge in [0.15, 0.2) is 0 Å². The molecule has 0 aliphatic rings. The van der Waals surface area contributed by atoms with Crippen LogP contribution in [-0.2, 0) is 6.42 Å². The Labute approximate surface area is 347 Å². The van der Waals surface area contributed by atoms with Crippen molar-refractivity contribution in [1.29, 1.82) is 0 Å². The Bertz CT molecular complexity index is 733. The molecule has 6 N–H and O–H groups in total. The number of quaternary nitrogens is 2. The maximum absolute atomic E-state index is 10.7. The first-order valence-corrected chi connectivity index (χ1v) is 25.1. The first-order chi connectivity index (χ1) is 27.1. The standard InChI is InChI=1S/C18H29BO2.2C16H35N/c1-2-3-4-5-6-7-8-9-10-11-12-17-13-15-18(16-14-17)19(20)21;2*1-2-3-4-5-6-7-8-9-10-11-12-13-14-15-16-17/h13-16H,2-12H2,1H3;2*2-17H2,1H3/q-2;;/p+2. The molecule has 5 heteroatoms. The summed E-state index contributed by atoms with van der Waals surface area (Å²) >= 11 is 0. The zero-order valence-corrected chi connectivity index (χ0v) is 38.1. The Hall–Kier alpha value is -0.875. The Morgan fingerprint density at radius 3 is 0.764 bits per heavy atom. The quantitative estimate of drug-likeness (QED) is 0.0512. The van der Waals surface area contributed by atoms with Gasteiger partial charge in [0.05, 0.1) is 13.1 Å². The van der Waals surface area contributed by atoms with Crippen molar-refractivity contribution in [3.8, 4) is 0 Å². The van der Waals surface area contributed by atoms with Crippen LogP contribution in [0.5, 0.6) is 0 Å². The summed E-state index contributed by atoms with van der Waals surface area (Å²) in [5, 5.41) is 21.5. The molecule has 0 aliphatic heterocycles. The smallest absolute Gasteiger partial charge is 0.0739 e. The van der Waals surface area contributed by atoms with Crippen LogP contribution in [0.4, 0.5) is 0 Å². The van der Waals surface area contributed by atoms with E-state index in [0.717, 1.165) is 19.5 Å². The van der Waals surface area contributed by atoms with Crippen molar-refractivity contribution in [2.45, 2.75) is 271 Å². The van der Waals surface area contributed by atoms with Gasteiger partial charge < -0.3 is 21.5 Å². The molecule has 1 aromatic carbocycles. The molecule has 1 aromatic rings. The van der Waals surface area contributed by atoms with Crippen molar-refractivity contribution in [1.82, 2.24) is 0 Å². The lowest BCUT2D eigenvalue weighted by Gasteiger charge is -2.26. The van der Waals surface area contributed by atoms with E-state index in [2.05, 4.69) is 32.2 Å². The molecular formula is C50H101BN2O2. The summed E-state index contributed by atoms with van der Waals surface area (Å²) in [6.45, 7) is 9.08. The highest BCUT2D eigenvalue weighted by molar-refractivity contribution is 6.55. The molecule has 4 nitrogen and oxygen atoms in total. The van der Waals surface area contributed by atoms with Gasteiger partial charge in [-0.2, -0.15) is 0 Å². The Morgan fingerprint density at radius 1 is 0.327 bits per heavy atom. The number of benzene rings is 1. The van der Waals surface area contributed by atoms with Crippen LogP contribution in [0.3, 0.4) is 0 Å². The predicted octanol–water partition coefficient (Wildman–Crippen LogP) is 12.0. The van der Waals surface area contributed by atoms with E-state index in [-0.39, 0.29) is 0 Å². The third kappa shape index (κ3) is 49.2. The molecule has 0 fully saturated rings. The van der Waals surface area contributed by atoms with Crippen molar-refractivity contribution < 1.29 is 21.5 Å². The summed E-state index contributed by atoms with van der Waals surface area (Å²) < 4.78 is 0. The van der Waals surface area contributed by atoms with E-state index >= 15 is 0 Å². The minimum absolute atomic E-state index is 0.349. The summed E-state index contributed by atoms with van der Waals surface area (Å²) in [5.41, 5.74) is 9.34. The van der Waals surface area contributed by atoms with Gasteiger partial charge in [0.1, 0.15) is 0 Å². The molecule has 0 spiro atoms. The summed E-state index contributed by atoms with van der Waals surface area (Å²) in [4.78, 5) is 0. The fraction of sp³-hybridized carbons (Fsp3) is 0.880. The zero-order chi connectivity index (χ0) is 40.6. The predicted molar refractivity (Wildman–Crippen MR) is 244 cm³/mol. The number of rotatable bonds is 40. The van der Waals surface area contributed by atoms with Crippen molar-refractivity contribution in [2.75, 3.05) is 13.1 Å². The van der Waals surface area contributed by atoms with E-state index in [1.165, 1.54) is 250 Å². The zero-order valence-electron chi connectivity index (χ0n) is 38.1. The number of hydrogen-bond acceptors (Lipinski definition) is 2. The molecule has 0 saturated carbocycles. The molecule has 0 heterocycles. The fourth-order valence-corrected chi connectivity index (χ4v) is 7.40. The SMILES string of the molecule is CCCCCCCCCCCCCCCC[NH3+].CCCCCCCCCCCCCCCC[NH3+].CCCCCCCCCCCCc1ccc(B([O-])[O-])cc1. The topological polar surface area (TPSA) is 101 Å². The van der Waals surface area contributed by atoms with Gasteiger partial charge in [0.25, 0.3) is 0 Å². The Kier molecular flexibility index (Phi) is 52.3. The van der Waals surface area contributed by atoms with Gasteiger partial charge in [-0.1, -0.05) is 264 Å². The number of hydrogen-bond donors (Lipinski definition) is 2. The number of unbranched alkanes of at least 4 members (excludes halogenated alkanes) is 35. The molecule has 0 atom stereocenters. The Morgan fingerprint density at radius 2 is 0.545 bits per heavy atom. The van der Waals surface area contributed by atoms with Crippen LogP contribution in [0.15, 0.2) is 24.3 Å². The molecule has 0 aliphatic carbocycles. The second-order valence-corrected chi connectivity index (χ2v) is 16.9. The van der Waals surface area contributed by atoms with Gasteiger partial charge in [0, 0.05) is 0 Å². The van der Waals surface area contributed by atoms with E-state index in [4.69, 9.17) is 0 Å². The van der Waals surface area contributed by atoms with E-state index in [0.29, 0.717) is 5.46 Å². The minimum Gasteiger partial charge on any atom is -0.889 e. The van der Waals surface area contributed by atoms with Crippen LogP contribution in [-0.4, -0.2) is 20.2 Å². The summed E-state index contributed by atoms with van der Waals surface area (Å²) in [5.74, 6) is 0. The van der Waals surface area contributed by atoms with Gasteiger partial charge in [-0.15, -0.1) is 5.46 Å². The van der Waals surface area contributed by atoms with Crippen molar-refractivity contribution >= 4 is 12.6 Å². The number of aryl methyl sites for hydroxylation is 1. The second kappa shape index (κ2) is 51.1. The normalized spacial score (nSPS) is 10.9. The highest BCUT2D eigenvalue weighted by Gasteiger charge is 1.97. The first-order valence-electron chi connectivity index (χ1n) is 25.1. The molecule has 0 aromatic heterocycles. The summed E-state index contributed by atoms with van der Waals surface area (Å²) in [6.07, 6.45) is 54.9. The third-order valence-corrected chi connectivity index (χ3v) is 11.3. The molecule has 0 bridgehead atoms. The van der Waals surface area contributed by atoms with Crippen LogP contribution in [0.1, 0.15) is 270 Å². The highest BCUT2D eigenvalue weighted by atomic mass is 16.4. The van der Waals surface area contributed by atoms with Gasteiger partial charge in [-0.3, -0.25) is 0 Å². The molecular weight excluding hydrogens is 671 g/mol. The average Bonchev–Trinajstić information content (AvgIpc) is 3.20. The molecule has 326 valence electrons. The van der Waals surface area contributed by atoms with Gasteiger partial charge >= 0.3 is 0 Å². The molecule has 0 saturated heterocycles. The maximum Gasteiger partial charge on any atom is 0.0739 e. The van der Waals surface area contributed by atoms with Crippen molar-refractivity contribution in [3.63, 3.8) is 0 Å². The highest BCUT2D eigenvalue weighted by Crippen LogP contribution is 2.15. The van der Waals surface area contributed by atoms with Crippen LogP contribution in [0.2, 0.25) is 0 Å². The van der Waals surface area contributed by atoms with E-state index < -0.39 is 7.12 Å². The van der Waals surface area contributed by atoms with Gasteiger partial charge in [0.2, 0.25) is 0 Å². The Balaban J connectivity index is 0. The largest absolute Gasteiger partial charge is 0.889 e. The monoisotopic (exact) mass is 773 g/mol. The van der Waals surface area contributed by atoms with Crippen LogP contribution >= 0.6 is 0 Å². The van der Waals surface area contributed by atoms with Crippen LogP contribution < -0.4 is 27.0 Å². The average molecular weight is 773 g/mol. The van der Waals surface area contributed by atoms with Crippen LogP contribution in [0.25, 0.3) is 0 Å². The van der Waals surface area contributed by atoms with Gasteiger partial charge in [-0.25, -0.2) is 0 Å². The molecule has 0 unspecified atom stereocenters. The molecule has 55 heavy (non-hydrogen) atoms. The maximum atomic E-state index is 10.7. The fourth-order valence-electron chi connectivity index (χ4n) is 7.40. The molecule has 0 amide bonds. The van der Waals surface area contributed by atoms with Crippen molar-refractivity contribution in [3.05, 3.63) is 29.8 Å². The van der Waals surface area contributed by atoms with E-state index in [1.54, 1.807) is 12.1 Å². The van der Waals surface area contributed by atoms with E-state index in [9.17, 15) is 10.0 Å². The second-order valence-electron chi connectivity index (χ2n) is 16.9. The molecule has 0 radical (unpaired) electrons. The lowest BCUT2D eigenvalue weighted by molar-refractivity contribution is -0.368. The van der Waals surface area contributed by atoms with Crippen LogP contribution in [0, 0.1) is 0 Å². The first kappa shape index (κ1) is 56.2. The summed E-state index contributed by atoms with van der Waals surface area (Å²) in [7, 11) is -1.85. The van der Waals surface area contributed by atoms with E-state index in [1.807, 2.05) is 12.1 Å². The lowest BCUT2D eigenvalue weighted by atomic mass is 9.80. The summed E-state index contributed by atoms with van der Waals surface area (Å²) in [6, 6.07) is 7.20.